The molecule has 9 heteroatoms. The monoisotopic (exact) mass is 415 g/mol. The Balaban J connectivity index is 2.09. The predicted octanol–water partition coefficient (Wildman–Crippen LogP) is 2.38. The number of nitrogens with one attached hydrogen (secondary N) is 1. The Morgan fingerprint density at radius 2 is 1.72 bits per heavy atom. The molecule has 1 aromatic heterocycles. The fourth-order valence-electron chi connectivity index (χ4n) is 3.01. The molecule has 0 atom stereocenters. The number of aromatic nitrogens is 2. The molecule has 1 N–H and O–H groups in total. The average molecular weight is 415 g/mol. The van der Waals surface area contributed by atoms with Crippen molar-refractivity contribution in [2.24, 2.45) is 7.05 Å². The average Bonchev–Trinajstić information content (AvgIpc) is 2.91. The van der Waals surface area contributed by atoms with Crippen LogP contribution < -0.4 is 10.3 Å². The first-order valence-corrected chi connectivity index (χ1v) is 10.2. The van der Waals surface area contributed by atoms with Crippen LogP contribution in [-0.4, -0.2) is 30.9 Å². The second-order valence-corrected chi connectivity index (χ2v) is 8.16. The van der Waals surface area contributed by atoms with Crippen LogP contribution in [0, 0.1) is 13.8 Å². The summed E-state index contributed by atoms with van der Waals surface area (Å²) in [4.78, 5) is 24.6. The van der Waals surface area contributed by atoms with Gasteiger partial charge in [0.15, 0.2) is 0 Å². The number of esters is 1. The first-order valence-electron chi connectivity index (χ1n) is 8.73. The van der Waals surface area contributed by atoms with Crippen molar-refractivity contribution in [1.29, 1.82) is 0 Å². The fraction of sp³-hybridized carbons (Fsp3) is 0.200. The smallest absolute Gasteiger partial charge is 0.337 e. The predicted molar refractivity (Wildman–Crippen MR) is 109 cm³/mol. The lowest BCUT2D eigenvalue weighted by molar-refractivity contribution is 0.0600. The van der Waals surface area contributed by atoms with Gasteiger partial charge in [-0.15, -0.1) is 0 Å². The molecule has 0 saturated carbocycles. The summed E-state index contributed by atoms with van der Waals surface area (Å²) >= 11 is 0. The van der Waals surface area contributed by atoms with Crippen LogP contribution in [-0.2, 0) is 21.8 Å². The number of carbonyl (C=O) groups is 1. The van der Waals surface area contributed by atoms with Crippen LogP contribution in [0.1, 0.15) is 21.6 Å². The summed E-state index contributed by atoms with van der Waals surface area (Å²) in [5, 5.41) is 0. The SMILES string of the molecule is COC(=O)c1ccc(C)c(S(=O)(=O)Nc2c(C)n(C)n(-c3ccccc3)c2=O)c1. The van der Waals surface area contributed by atoms with E-state index >= 15 is 0 Å². The molecular formula is C20H21N3O5S. The van der Waals surface area contributed by atoms with Crippen molar-refractivity contribution in [2.45, 2.75) is 18.7 Å². The van der Waals surface area contributed by atoms with Gasteiger partial charge in [0.2, 0.25) is 0 Å². The van der Waals surface area contributed by atoms with Gasteiger partial charge >= 0.3 is 5.97 Å². The van der Waals surface area contributed by atoms with E-state index in [0.717, 1.165) is 0 Å². The minimum absolute atomic E-state index is 0.0563. The molecule has 1 heterocycles. The van der Waals surface area contributed by atoms with E-state index in [-0.39, 0.29) is 16.1 Å². The Hall–Kier alpha value is -3.33. The largest absolute Gasteiger partial charge is 0.465 e. The van der Waals surface area contributed by atoms with Crippen LogP contribution >= 0.6 is 0 Å². The molecule has 0 aliphatic carbocycles. The molecule has 0 aliphatic rings. The number of hydrogen-bond donors (Lipinski definition) is 1. The zero-order valence-corrected chi connectivity index (χ0v) is 17.3. The lowest BCUT2D eigenvalue weighted by atomic mass is 10.1. The van der Waals surface area contributed by atoms with E-state index < -0.39 is 21.6 Å². The Bertz CT molecular complexity index is 1240. The second-order valence-electron chi connectivity index (χ2n) is 6.51. The fourth-order valence-corrected chi connectivity index (χ4v) is 4.40. The molecule has 29 heavy (non-hydrogen) atoms. The number of para-hydroxylation sites is 1. The number of anilines is 1. The first-order chi connectivity index (χ1) is 13.7. The van der Waals surface area contributed by atoms with Gasteiger partial charge in [0.05, 0.1) is 29.0 Å². The molecule has 0 unspecified atom stereocenters. The normalized spacial score (nSPS) is 11.3. The summed E-state index contributed by atoms with van der Waals surface area (Å²) in [6.07, 6.45) is 0. The molecule has 8 nitrogen and oxygen atoms in total. The lowest BCUT2D eigenvalue weighted by Gasteiger charge is -2.11. The Morgan fingerprint density at radius 3 is 2.34 bits per heavy atom. The van der Waals surface area contributed by atoms with Gasteiger partial charge in [-0.05, 0) is 43.7 Å². The summed E-state index contributed by atoms with van der Waals surface area (Å²) < 4.78 is 36.1. The minimum Gasteiger partial charge on any atom is -0.465 e. The van der Waals surface area contributed by atoms with Gasteiger partial charge in [0, 0.05) is 7.05 Å². The number of aryl methyl sites for hydroxylation is 1. The minimum atomic E-state index is -4.12. The van der Waals surface area contributed by atoms with Crippen molar-refractivity contribution < 1.29 is 17.9 Å². The van der Waals surface area contributed by atoms with Gasteiger partial charge in [-0.25, -0.2) is 17.9 Å². The highest BCUT2D eigenvalue weighted by molar-refractivity contribution is 7.92. The van der Waals surface area contributed by atoms with Crippen LogP contribution in [0.25, 0.3) is 5.69 Å². The molecule has 0 fully saturated rings. The molecule has 0 saturated heterocycles. The Kier molecular flexibility index (Phi) is 5.34. The van der Waals surface area contributed by atoms with Crippen molar-refractivity contribution in [3.63, 3.8) is 0 Å². The van der Waals surface area contributed by atoms with E-state index in [1.807, 2.05) is 6.07 Å². The summed E-state index contributed by atoms with van der Waals surface area (Å²) in [5.74, 6) is -0.649. The van der Waals surface area contributed by atoms with E-state index in [1.54, 1.807) is 49.8 Å². The number of sulfonamides is 1. The molecule has 0 bridgehead atoms. The summed E-state index contributed by atoms with van der Waals surface area (Å²) in [6, 6.07) is 13.1. The van der Waals surface area contributed by atoms with Crippen molar-refractivity contribution in [1.82, 2.24) is 9.36 Å². The van der Waals surface area contributed by atoms with Crippen molar-refractivity contribution in [3.8, 4) is 5.69 Å². The number of methoxy groups -OCH3 is 1. The Morgan fingerprint density at radius 1 is 1.07 bits per heavy atom. The van der Waals surface area contributed by atoms with Gasteiger partial charge in [0.25, 0.3) is 15.6 Å². The zero-order chi connectivity index (χ0) is 21.3. The topological polar surface area (TPSA) is 99.4 Å². The highest BCUT2D eigenvalue weighted by Crippen LogP contribution is 2.22. The third-order valence-electron chi connectivity index (χ3n) is 4.69. The van der Waals surface area contributed by atoms with Gasteiger partial charge in [-0.3, -0.25) is 14.2 Å². The molecule has 3 rings (SSSR count). The van der Waals surface area contributed by atoms with Gasteiger partial charge in [-0.2, -0.15) is 0 Å². The number of carbonyl (C=O) groups excluding carboxylic acids is 1. The van der Waals surface area contributed by atoms with E-state index in [0.29, 0.717) is 16.9 Å². The molecule has 0 amide bonds. The molecule has 0 spiro atoms. The van der Waals surface area contributed by atoms with Crippen molar-refractivity contribution >= 4 is 21.7 Å². The van der Waals surface area contributed by atoms with Gasteiger partial charge < -0.3 is 4.74 Å². The molecule has 152 valence electrons. The molecule has 2 aromatic carbocycles. The second kappa shape index (κ2) is 7.59. The van der Waals surface area contributed by atoms with Gasteiger partial charge in [0.1, 0.15) is 5.69 Å². The van der Waals surface area contributed by atoms with Crippen LogP contribution in [0.5, 0.6) is 0 Å². The van der Waals surface area contributed by atoms with E-state index in [4.69, 9.17) is 0 Å². The highest BCUT2D eigenvalue weighted by atomic mass is 32.2. The number of hydrogen-bond acceptors (Lipinski definition) is 5. The van der Waals surface area contributed by atoms with Crippen LogP contribution in [0.2, 0.25) is 0 Å². The highest BCUT2D eigenvalue weighted by Gasteiger charge is 2.24. The van der Waals surface area contributed by atoms with Gasteiger partial charge in [-0.1, -0.05) is 24.3 Å². The maximum atomic E-state index is 13.0. The van der Waals surface area contributed by atoms with Crippen molar-refractivity contribution in [2.75, 3.05) is 11.8 Å². The third kappa shape index (κ3) is 3.68. The van der Waals surface area contributed by atoms with Crippen LogP contribution in [0.15, 0.2) is 58.2 Å². The zero-order valence-electron chi connectivity index (χ0n) is 16.5. The quantitative estimate of drug-likeness (QED) is 0.645. The van der Waals surface area contributed by atoms with E-state index in [1.165, 1.54) is 30.0 Å². The summed E-state index contributed by atoms with van der Waals surface area (Å²) in [7, 11) is -1.24. The maximum absolute atomic E-state index is 13.0. The molecule has 3 aromatic rings. The summed E-state index contributed by atoms with van der Waals surface area (Å²) in [6.45, 7) is 3.26. The maximum Gasteiger partial charge on any atom is 0.337 e. The number of ether oxygens (including phenoxy) is 1. The van der Waals surface area contributed by atoms with E-state index in [2.05, 4.69) is 9.46 Å². The molecule has 0 aliphatic heterocycles. The number of benzene rings is 2. The van der Waals surface area contributed by atoms with E-state index in [9.17, 15) is 18.0 Å². The summed E-state index contributed by atoms with van der Waals surface area (Å²) in [5.41, 5.74) is 1.04. The van der Waals surface area contributed by atoms with Crippen LogP contribution in [0.3, 0.4) is 0 Å². The number of rotatable bonds is 5. The Labute approximate surface area is 168 Å². The standard InChI is InChI=1S/C20H21N3O5S/c1-13-10-11-15(20(25)28-4)12-17(13)29(26,27)21-18-14(2)22(3)23(19(18)24)16-8-6-5-7-9-16/h5-12,21H,1-4H3. The molecular weight excluding hydrogens is 394 g/mol. The van der Waals surface area contributed by atoms with Crippen molar-refractivity contribution in [3.05, 3.63) is 75.7 Å². The lowest BCUT2D eigenvalue weighted by Crippen LogP contribution is -2.23. The first kappa shape index (κ1) is 20.4. The third-order valence-corrected chi connectivity index (χ3v) is 6.18. The number of nitrogens with zero attached hydrogens (tertiary/aromatic N) is 2. The molecule has 0 radical (unpaired) electrons. The van der Waals surface area contributed by atoms with Crippen LogP contribution in [0.4, 0.5) is 5.69 Å².